The minimum Gasteiger partial charge on any atom is -0.396 e. The van der Waals surface area contributed by atoms with Gasteiger partial charge in [0.05, 0.1) is 4.90 Å². The zero-order chi connectivity index (χ0) is 15.2. The number of hydrogen-bond donors (Lipinski definition) is 2. The Hall–Kier alpha value is -1.93. The number of carbonyl (C=O) groups is 1. The number of hydrogen-bond acceptors (Lipinski definition) is 5. The number of sulfonamides is 1. The van der Waals surface area contributed by atoms with E-state index in [-0.39, 0.29) is 10.6 Å². The highest BCUT2D eigenvalue weighted by Gasteiger charge is 2.15. The van der Waals surface area contributed by atoms with Gasteiger partial charge in [-0.3, -0.25) is 10.2 Å². The summed E-state index contributed by atoms with van der Waals surface area (Å²) in [4.78, 5) is 18.3. The van der Waals surface area contributed by atoms with Crippen molar-refractivity contribution in [3.63, 3.8) is 0 Å². The third kappa shape index (κ3) is 4.63. The number of rotatable bonds is 6. The number of carbonyl (C=O) groups excluding carboxylic acids is 1. The molecule has 1 aromatic carbocycles. The molecular weight excluding hydrogens is 282 g/mol. The fourth-order valence-corrected chi connectivity index (χ4v) is 2.02. The standard InChI is InChI=1S/C12H17N3O4S/c1-4-19-14-10(3)12(16)13-15-20(17,18)11-7-5-9(2)6-8-11/h5-8,15H,4H2,1-3H3,(H,13,16)/b14-10-. The zero-order valence-electron chi connectivity index (χ0n) is 11.5. The predicted molar refractivity (Wildman–Crippen MR) is 74.4 cm³/mol. The van der Waals surface area contributed by atoms with Gasteiger partial charge in [-0.2, -0.15) is 0 Å². The van der Waals surface area contributed by atoms with Gasteiger partial charge < -0.3 is 4.84 Å². The maximum Gasteiger partial charge on any atom is 0.283 e. The van der Waals surface area contributed by atoms with Crippen molar-refractivity contribution in [1.29, 1.82) is 0 Å². The third-order valence-corrected chi connectivity index (χ3v) is 3.55. The van der Waals surface area contributed by atoms with Crippen LogP contribution in [-0.4, -0.2) is 26.6 Å². The molecule has 0 unspecified atom stereocenters. The molecule has 0 aliphatic carbocycles. The quantitative estimate of drug-likeness (QED) is 0.597. The molecule has 2 N–H and O–H groups in total. The summed E-state index contributed by atoms with van der Waals surface area (Å²) in [6, 6.07) is 6.23. The summed E-state index contributed by atoms with van der Waals surface area (Å²) in [6.07, 6.45) is 0. The fraction of sp³-hybridized carbons (Fsp3) is 0.333. The smallest absolute Gasteiger partial charge is 0.283 e. The van der Waals surface area contributed by atoms with Gasteiger partial charge in [0.2, 0.25) is 0 Å². The first kappa shape index (κ1) is 16.1. The first-order valence-electron chi connectivity index (χ1n) is 5.92. The zero-order valence-corrected chi connectivity index (χ0v) is 12.3. The molecule has 1 rings (SSSR count). The van der Waals surface area contributed by atoms with E-state index in [0.717, 1.165) is 5.56 Å². The predicted octanol–water partition coefficient (Wildman–Crippen LogP) is 0.717. The molecule has 0 aliphatic rings. The van der Waals surface area contributed by atoms with Crippen LogP contribution in [0, 0.1) is 6.92 Å². The Morgan fingerprint density at radius 1 is 1.30 bits per heavy atom. The average Bonchev–Trinajstić information content (AvgIpc) is 2.42. The summed E-state index contributed by atoms with van der Waals surface area (Å²) in [5.74, 6) is -0.686. The van der Waals surface area contributed by atoms with Crippen LogP contribution in [0.4, 0.5) is 0 Å². The third-order valence-electron chi connectivity index (χ3n) is 2.29. The van der Waals surface area contributed by atoms with E-state index in [0.29, 0.717) is 6.61 Å². The molecule has 0 aliphatic heterocycles. The van der Waals surface area contributed by atoms with Crippen LogP contribution >= 0.6 is 0 Å². The first-order chi connectivity index (χ1) is 9.36. The van der Waals surface area contributed by atoms with Gasteiger partial charge in [0, 0.05) is 0 Å². The molecule has 0 spiro atoms. The lowest BCUT2D eigenvalue weighted by atomic mass is 10.2. The van der Waals surface area contributed by atoms with E-state index >= 15 is 0 Å². The summed E-state index contributed by atoms with van der Waals surface area (Å²) >= 11 is 0. The Morgan fingerprint density at radius 3 is 2.45 bits per heavy atom. The van der Waals surface area contributed by atoms with E-state index in [1.807, 2.05) is 11.8 Å². The van der Waals surface area contributed by atoms with Gasteiger partial charge >= 0.3 is 0 Å². The van der Waals surface area contributed by atoms with Crippen LogP contribution in [0.5, 0.6) is 0 Å². The summed E-state index contributed by atoms with van der Waals surface area (Å²) in [5, 5.41) is 3.50. The molecule has 0 heterocycles. The Labute approximate surface area is 118 Å². The van der Waals surface area contributed by atoms with Crippen LogP contribution in [0.1, 0.15) is 19.4 Å². The van der Waals surface area contributed by atoms with E-state index in [1.54, 1.807) is 19.1 Å². The number of hydrazine groups is 1. The highest BCUT2D eigenvalue weighted by molar-refractivity contribution is 7.89. The first-order valence-corrected chi connectivity index (χ1v) is 7.40. The molecular formula is C12H17N3O4S. The van der Waals surface area contributed by atoms with Crippen LogP contribution in [0.25, 0.3) is 0 Å². The molecule has 1 aromatic rings. The lowest BCUT2D eigenvalue weighted by Gasteiger charge is -2.08. The lowest BCUT2D eigenvalue weighted by molar-refractivity contribution is -0.115. The SMILES string of the molecule is CCO/N=C(/C)C(=O)NNS(=O)(=O)c1ccc(C)cc1. The number of oxime groups is 1. The van der Waals surface area contributed by atoms with Crippen molar-refractivity contribution in [3.05, 3.63) is 29.8 Å². The van der Waals surface area contributed by atoms with E-state index in [1.165, 1.54) is 19.1 Å². The van der Waals surface area contributed by atoms with Gasteiger partial charge in [0.1, 0.15) is 12.3 Å². The van der Waals surface area contributed by atoms with Crippen LogP contribution in [-0.2, 0) is 19.7 Å². The Bertz CT molecular complexity index is 594. The van der Waals surface area contributed by atoms with Gasteiger partial charge in [0.15, 0.2) is 0 Å². The second-order valence-corrected chi connectivity index (χ2v) is 5.65. The van der Waals surface area contributed by atoms with E-state index in [2.05, 4.69) is 10.6 Å². The van der Waals surface area contributed by atoms with Gasteiger partial charge in [-0.15, -0.1) is 4.83 Å². The van der Waals surface area contributed by atoms with Crippen LogP contribution < -0.4 is 10.3 Å². The van der Waals surface area contributed by atoms with Crippen LogP contribution in [0.15, 0.2) is 34.3 Å². The van der Waals surface area contributed by atoms with Crippen molar-refractivity contribution in [2.45, 2.75) is 25.7 Å². The second-order valence-electron chi connectivity index (χ2n) is 3.97. The number of nitrogens with one attached hydrogen (secondary N) is 2. The number of benzene rings is 1. The minimum atomic E-state index is -3.80. The molecule has 0 saturated heterocycles. The highest BCUT2D eigenvalue weighted by Crippen LogP contribution is 2.08. The molecule has 8 heteroatoms. The molecule has 110 valence electrons. The monoisotopic (exact) mass is 299 g/mol. The van der Waals surface area contributed by atoms with Crippen molar-refractivity contribution < 1.29 is 18.0 Å². The number of aryl methyl sites for hydroxylation is 1. The molecule has 0 aromatic heterocycles. The van der Waals surface area contributed by atoms with E-state index < -0.39 is 15.9 Å². The summed E-state index contributed by atoms with van der Waals surface area (Å²) in [6.45, 7) is 5.29. The molecule has 7 nitrogen and oxygen atoms in total. The maximum atomic E-state index is 11.9. The Morgan fingerprint density at radius 2 is 1.90 bits per heavy atom. The van der Waals surface area contributed by atoms with Gasteiger partial charge in [0.25, 0.3) is 15.9 Å². The second kappa shape index (κ2) is 7.01. The summed E-state index contributed by atoms with van der Waals surface area (Å²) in [5.41, 5.74) is 3.01. The summed E-state index contributed by atoms with van der Waals surface area (Å²) < 4.78 is 23.8. The Kier molecular flexibility index (Phi) is 5.66. The van der Waals surface area contributed by atoms with Gasteiger partial charge in [-0.1, -0.05) is 22.9 Å². The highest BCUT2D eigenvalue weighted by atomic mass is 32.2. The van der Waals surface area contributed by atoms with Crippen molar-refractivity contribution in [1.82, 2.24) is 10.3 Å². The van der Waals surface area contributed by atoms with Crippen molar-refractivity contribution in [3.8, 4) is 0 Å². The molecule has 0 bridgehead atoms. The summed E-state index contributed by atoms with van der Waals surface area (Å²) in [7, 11) is -3.80. The van der Waals surface area contributed by atoms with E-state index in [9.17, 15) is 13.2 Å². The van der Waals surface area contributed by atoms with Crippen LogP contribution in [0.3, 0.4) is 0 Å². The number of nitrogens with zero attached hydrogens (tertiary/aromatic N) is 1. The van der Waals surface area contributed by atoms with Gasteiger partial charge in [-0.25, -0.2) is 8.42 Å². The van der Waals surface area contributed by atoms with E-state index in [4.69, 9.17) is 4.84 Å². The molecule has 0 saturated carbocycles. The fourth-order valence-electron chi connectivity index (χ4n) is 1.18. The van der Waals surface area contributed by atoms with Crippen molar-refractivity contribution in [2.24, 2.45) is 5.16 Å². The molecule has 0 fully saturated rings. The van der Waals surface area contributed by atoms with Crippen molar-refractivity contribution in [2.75, 3.05) is 6.61 Å². The van der Waals surface area contributed by atoms with Crippen molar-refractivity contribution >= 4 is 21.6 Å². The van der Waals surface area contributed by atoms with Crippen LogP contribution in [0.2, 0.25) is 0 Å². The molecule has 20 heavy (non-hydrogen) atoms. The maximum absolute atomic E-state index is 11.9. The Balaban J connectivity index is 2.69. The normalized spacial score (nSPS) is 12.1. The molecule has 0 radical (unpaired) electrons. The molecule has 1 amide bonds. The molecule has 0 atom stereocenters. The number of amides is 1. The topological polar surface area (TPSA) is 96.9 Å². The van der Waals surface area contributed by atoms with Gasteiger partial charge in [-0.05, 0) is 32.9 Å². The largest absolute Gasteiger partial charge is 0.396 e. The lowest BCUT2D eigenvalue weighted by Crippen LogP contribution is -2.44. The minimum absolute atomic E-state index is 0.0125. The average molecular weight is 299 g/mol.